The topological polar surface area (TPSA) is 59.5 Å². The Kier molecular flexibility index (Phi) is 6.48. The SMILES string of the molecule is COCCNCC1CCCCN1c1nc(OC)ncc1Cl. The number of nitrogens with zero attached hydrogens (tertiary/aromatic N) is 3. The van der Waals surface area contributed by atoms with E-state index < -0.39 is 0 Å². The first-order valence-electron chi connectivity index (χ1n) is 7.29. The monoisotopic (exact) mass is 314 g/mol. The third kappa shape index (κ3) is 4.43. The van der Waals surface area contributed by atoms with Gasteiger partial charge in [-0.1, -0.05) is 11.6 Å². The van der Waals surface area contributed by atoms with Gasteiger partial charge in [0.25, 0.3) is 0 Å². The Balaban J connectivity index is 2.07. The highest BCUT2D eigenvalue weighted by molar-refractivity contribution is 6.32. The Hall–Kier alpha value is -1.11. The molecule has 6 nitrogen and oxygen atoms in total. The predicted molar refractivity (Wildman–Crippen MR) is 83.3 cm³/mol. The fourth-order valence-electron chi connectivity index (χ4n) is 2.58. The lowest BCUT2D eigenvalue weighted by atomic mass is 10.0. The molecule has 0 amide bonds. The van der Waals surface area contributed by atoms with E-state index in [1.54, 1.807) is 20.4 Å². The second kappa shape index (κ2) is 8.36. The largest absolute Gasteiger partial charge is 0.467 e. The van der Waals surface area contributed by atoms with Gasteiger partial charge in [-0.05, 0) is 19.3 Å². The minimum absolute atomic E-state index is 0.353. The average Bonchev–Trinajstić information content (AvgIpc) is 2.53. The van der Waals surface area contributed by atoms with E-state index >= 15 is 0 Å². The number of nitrogens with one attached hydrogen (secondary N) is 1. The first kappa shape index (κ1) is 16.3. The summed E-state index contributed by atoms with van der Waals surface area (Å²) in [7, 11) is 3.27. The van der Waals surface area contributed by atoms with E-state index in [0.717, 1.165) is 44.9 Å². The zero-order valence-electron chi connectivity index (χ0n) is 12.6. The van der Waals surface area contributed by atoms with Crippen LogP contribution in [0.15, 0.2) is 6.20 Å². The number of methoxy groups -OCH3 is 2. The molecule has 1 aromatic heterocycles. The summed E-state index contributed by atoms with van der Waals surface area (Å²) < 4.78 is 10.2. The molecule has 0 radical (unpaired) electrons. The van der Waals surface area contributed by atoms with Crippen molar-refractivity contribution in [2.75, 3.05) is 45.4 Å². The molecule has 0 saturated carbocycles. The van der Waals surface area contributed by atoms with Crippen molar-refractivity contribution in [3.8, 4) is 6.01 Å². The smallest absolute Gasteiger partial charge is 0.318 e. The van der Waals surface area contributed by atoms with Crippen LogP contribution in [0.5, 0.6) is 6.01 Å². The molecular weight excluding hydrogens is 292 g/mol. The zero-order chi connectivity index (χ0) is 15.1. The maximum Gasteiger partial charge on any atom is 0.318 e. The molecule has 118 valence electrons. The van der Waals surface area contributed by atoms with Crippen LogP contribution in [0.3, 0.4) is 0 Å². The second-order valence-electron chi connectivity index (χ2n) is 5.07. The first-order valence-corrected chi connectivity index (χ1v) is 7.67. The van der Waals surface area contributed by atoms with Gasteiger partial charge in [0.2, 0.25) is 0 Å². The van der Waals surface area contributed by atoms with E-state index in [4.69, 9.17) is 21.1 Å². The molecule has 1 aliphatic rings. The maximum absolute atomic E-state index is 6.27. The highest BCUT2D eigenvalue weighted by Crippen LogP contribution is 2.29. The third-order valence-electron chi connectivity index (χ3n) is 3.65. The summed E-state index contributed by atoms with van der Waals surface area (Å²) in [5.41, 5.74) is 0. The van der Waals surface area contributed by atoms with Gasteiger partial charge in [0, 0.05) is 32.8 Å². The highest BCUT2D eigenvalue weighted by atomic mass is 35.5. The van der Waals surface area contributed by atoms with Crippen molar-refractivity contribution in [3.05, 3.63) is 11.2 Å². The minimum Gasteiger partial charge on any atom is -0.467 e. The molecule has 1 fully saturated rings. The zero-order valence-corrected chi connectivity index (χ0v) is 13.4. The molecule has 1 aromatic rings. The van der Waals surface area contributed by atoms with E-state index in [9.17, 15) is 0 Å². The molecule has 21 heavy (non-hydrogen) atoms. The second-order valence-corrected chi connectivity index (χ2v) is 5.48. The van der Waals surface area contributed by atoms with Crippen molar-refractivity contribution in [1.29, 1.82) is 0 Å². The predicted octanol–water partition coefficient (Wildman–Crippen LogP) is 1.73. The van der Waals surface area contributed by atoms with Crippen molar-refractivity contribution >= 4 is 17.4 Å². The summed E-state index contributed by atoms with van der Waals surface area (Å²) in [6.45, 7) is 3.42. The number of anilines is 1. The summed E-state index contributed by atoms with van der Waals surface area (Å²) in [6.07, 6.45) is 5.11. The number of piperidine rings is 1. The molecule has 0 aromatic carbocycles. The van der Waals surface area contributed by atoms with Crippen molar-refractivity contribution in [2.45, 2.75) is 25.3 Å². The molecule has 7 heteroatoms. The number of hydrogen-bond donors (Lipinski definition) is 1. The molecule has 0 spiro atoms. The fraction of sp³-hybridized carbons (Fsp3) is 0.714. The number of ether oxygens (including phenoxy) is 2. The minimum atomic E-state index is 0.353. The van der Waals surface area contributed by atoms with Crippen LogP contribution in [0.4, 0.5) is 5.82 Å². The molecule has 1 saturated heterocycles. The first-order chi connectivity index (χ1) is 10.3. The van der Waals surface area contributed by atoms with Gasteiger partial charge < -0.3 is 19.7 Å². The van der Waals surface area contributed by atoms with Crippen molar-refractivity contribution < 1.29 is 9.47 Å². The lowest BCUT2D eigenvalue weighted by Crippen LogP contribution is -2.46. The van der Waals surface area contributed by atoms with Crippen LogP contribution < -0.4 is 15.0 Å². The van der Waals surface area contributed by atoms with E-state index in [0.29, 0.717) is 17.1 Å². The van der Waals surface area contributed by atoms with Gasteiger partial charge >= 0.3 is 6.01 Å². The van der Waals surface area contributed by atoms with E-state index in [1.165, 1.54) is 6.42 Å². The number of hydrogen-bond acceptors (Lipinski definition) is 6. The number of rotatable bonds is 7. The van der Waals surface area contributed by atoms with Gasteiger partial charge in [0.05, 0.1) is 19.9 Å². The van der Waals surface area contributed by atoms with Gasteiger partial charge in [-0.3, -0.25) is 0 Å². The Labute approximate surface area is 130 Å². The van der Waals surface area contributed by atoms with Crippen molar-refractivity contribution in [1.82, 2.24) is 15.3 Å². The highest BCUT2D eigenvalue weighted by Gasteiger charge is 2.25. The van der Waals surface area contributed by atoms with Crippen LogP contribution in [0.1, 0.15) is 19.3 Å². The molecule has 0 bridgehead atoms. The summed E-state index contributed by atoms with van der Waals surface area (Å²) in [4.78, 5) is 10.7. The Morgan fingerprint density at radius 2 is 2.29 bits per heavy atom. The lowest BCUT2D eigenvalue weighted by Gasteiger charge is -2.37. The fourth-order valence-corrected chi connectivity index (χ4v) is 2.78. The Morgan fingerprint density at radius 3 is 3.05 bits per heavy atom. The van der Waals surface area contributed by atoms with Gasteiger partial charge in [-0.15, -0.1) is 0 Å². The Bertz CT molecular complexity index is 447. The normalized spacial score (nSPS) is 18.8. The number of aromatic nitrogens is 2. The standard InChI is InChI=1S/C14H23ClN4O2/c1-20-8-6-16-9-11-5-3-4-7-19(11)13-12(15)10-17-14(18-13)21-2/h10-11,16H,3-9H2,1-2H3. The molecule has 1 aliphatic heterocycles. The molecule has 2 heterocycles. The van der Waals surface area contributed by atoms with Crippen LogP contribution in [-0.2, 0) is 4.74 Å². The maximum atomic E-state index is 6.27. The number of halogens is 1. The van der Waals surface area contributed by atoms with Crippen molar-refractivity contribution in [2.24, 2.45) is 0 Å². The van der Waals surface area contributed by atoms with Crippen molar-refractivity contribution in [3.63, 3.8) is 0 Å². The molecule has 1 unspecified atom stereocenters. The lowest BCUT2D eigenvalue weighted by molar-refractivity contribution is 0.198. The summed E-state index contributed by atoms with van der Waals surface area (Å²) in [5, 5.41) is 3.99. The quantitative estimate of drug-likeness (QED) is 0.774. The third-order valence-corrected chi connectivity index (χ3v) is 3.91. The average molecular weight is 315 g/mol. The van der Waals surface area contributed by atoms with Gasteiger partial charge in [0.15, 0.2) is 5.82 Å². The van der Waals surface area contributed by atoms with Crippen LogP contribution in [0.2, 0.25) is 5.02 Å². The van der Waals surface area contributed by atoms with E-state index in [-0.39, 0.29) is 0 Å². The molecule has 0 aliphatic carbocycles. The molecule has 1 atom stereocenters. The summed E-state index contributed by atoms with van der Waals surface area (Å²) in [5.74, 6) is 0.766. The van der Waals surface area contributed by atoms with Crippen LogP contribution in [-0.4, -0.2) is 56.5 Å². The Morgan fingerprint density at radius 1 is 1.43 bits per heavy atom. The molecule has 1 N–H and O–H groups in total. The van der Waals surface area contributed by atoms with Gasteiger partial charge in [-0.2, -0.15) is 4.98 Å². The van der Waals surface area contributed by atoms with Gasteiger partial charge in [-0.25, -0.2) is 4.98 Å². The summed E-state index contributed by atoms with van der Waals surface area (Å²) in [6, 6.07) is 0.735. The van der Waals surface area contributed by atoms with E-state index in [2.05, 4.69) is 20.2 Å². The van der Waals surface area contributed by atoms with Crippen LogP contribution in [0.25, 0.3) is 0 Å². The molecule has 2 rings (SSSR count). The van der Waals surface area contributed by atoms with Crippen LogP contribution in [0, 0.1) is 0 Å². The summed E-state index contributed by atoms with van der Waals surface area (Å²) >= 11 is 6.27. The molecular formula is C14H23ClN4O2. The van der Waals surface area contributed by atoms with Crippen LogP contribution >= 0.6 is 11.6 Å². The van der Waals surface area contributed by atoms with Gasteiger partial charge in [0.1, 0.15) is 5.02 Å². The van der Waals surface area contributed by atoms with E-state index in [1.807, 2.05) is 0 Å².